The van der Waals surface area contributed by atoms with Gasteiger partial charge in [-0.2, -0.15) is 0 Å². The second kappa shape index (κ2) is 22.6. The van der Waals surface area contributed by atoms with Crippen LogP contribution in [0.1, 0.15) is 70.8 Å². The van der Waals surface area contributed by atoms with Crippen LogP contribution in [0.3, 0.4) is 0 Å². The third-order valence-corrected chi connectivity index (χ3v) is 11.4. The van der Waals surface area contributed by atoms with Gasteiger partial charge in [0.15, 0.2) is 6.04 Å². The van der Waals surface area contributed by atoms with Crippen LogP contribution < -0.4 is 32.7 Å². The number of β-amino-alcohol motifs (C(OH)–C–C–N with tert-alkyl or cyclic N) is 1. The van der Waals surface area contributed by atoms with Crippen molar-refractivity contribution in [2.24, 2.45) is 11.5 Å². The number of hydrogen-bond acceptors (Lipinski definition) is 14. The van der Waals surface area contributed by atoms with Gasteiger partial charge in [-0.3, -0.25) is 33.6 Å². The fourth-order valence-corrected chi connectivity index (χ4v) is 7.98. The van der Waals surface area contributed by atoms with Crippen molar-refractivity contribution >= 4 is 47.3 Å². The Kier molecular flexibility index (Phi) is 18.0. The summed E-state index contributed by atoms with van der Waals surface area (Å²) in [5, 5.41) is 60.3. The van der Waals surface area contributed by atoms with Crippen LogP contribution in [0.15, 0.2) is 24.3 Å². The zero-order chi connectivity index (χ0) is 45.8. The highest BCUT2D eigenvalue weighted by Crippen LogP contribution is 2.27. The Labute approximate surface area is 358 Å². The first-order valence-corrected chi connectivity index (χ1v) is 20.9. The molecule has 4 rings (SSSR count). The van der Waals surface area contributed by atoms with Crippen molar-refractivity contribution in [2.45, 2.75) is 132 Å². The average Bonchev–Trinajstić information content (AvgIpc) is 4.01. The molecule has 7 amide bonds. The van der Waals surface area contributed by atoms with Gasteiger partial charge in [-0.25, -0.2) is 4.79 Å². The molecule has 3 heterocycles. The van der Waals surface area contributed by atoms with Crippen molar-refractivity contribution < 1.29 is 63.9 Å². The van der Waals surface area contributed by atoms with E-state index in [1.54, 1.807) is 0 Å². The smallest absolute Gasteiger partial charge is 0.328 e. The topological polar surface area (TPSA) is 348 Å². The van der Waals surface area contributed by atoms with Gasteiger partial charge in [0.2, 0.25) is 41.4 Å². The summed E-state index contributed by atoms with van der Waals surface area (Å²) < 4.78 is 0. The van der Waals surface area contributed by atoms with E-state index in [9.17, 15) is 63.9 Å². The van der Waals surface area contributed by atoms with Gasteiger partial charge in [-0.15, -0.1) is 0 Å². The number of benzene rings is 1. The van der Waals surface area contributed by atoms with Crippen LogP contribution in [0.4, 0.5) is 0 Å². The number of phenolic OH excluding ortho intramolecular Hbond substituents is 1. The highest BCUT2D eigenvalue weighted by Gasteiger charge is 2.47. The van der Waals surface area contributed by atoms with Crippen LogP contribution in [0.5, 0.6) is 5.75 Å². The minimum atomic E-state index is -1.65. The number of carboxylic acids is 1. The monoisotopic (exact) mass is 875 g/mol. The minimum Gasteiger partial charge on any atom is -0.508 e. The predicted octanol–water partition coefficient (Wildman–Crippen LogP) is -4.25. The number of phenols is 1. The van der Waals surface area contributed by atoms with E-state index in [2.05, 4.69) is 21.3 Å². The number of carbonyl (C=O) groups is 8. The molecule has 344 valence electrons. The number of likely N-dealkylation sites (tertiary alicyclic amines) is 3. The van der Waals surface area contributed by atoms with Crippen molar-refractivity contribution in [2.75, 3.05) is 32.8 Å². The molecule has 10 atom stereocenters. The molecule has 1 aromatic rings. The standard InChI is InChI=1S/C40H61N9O13/c1-21(42)33(54)43-26(7-3-4-14-41)37(58)47-15-5-8-29(47)35(56)45-28(20-50)34(55)44-27(17-23-10-12-24(52)13-11-23)38(59)49-19-25(53)18-31(49)39(60)48-16-6-9-30(48)36(57)46-32(22(2)51)40(61)62/h10-13,21-22,25-32,50-53H,3-9,14-20,41-42H2,1-2H3,(H,43,54)(H,44,55)(H,45,56)(H,46,57)(H,61,62)/t21-,22+,25+,26-,27-,28-,29-,30-,31-,32-/m0/s1. The maximum atomic E-state index is 14.4. The number of carbonyl (C=O) groups excluding carboxylic acids is 7. The summed E-state index contributed by atoms with van der Waals surface area (Å²) in [5.41, 5.74) is 11.8. The Balaban J connectivity index is 1.53. The molecule has 3 aliphatic rings. The molecule has 62 heavy (non-hydrogen) atoms. The third-order valence-electron chi connectivity index (χ3n) is 11.4. The number of unbranched alkanes of at least 4 members (excludes halogenated alkanes) is 1. The summed E-state index contributed by atoms with van der Waals surface area (Å²) in [4.78, 5) is 111. The normalized spacial score (nSPS) is 22.8. The molecule has 13 N–H and O–H groups in total. The van der Waals surface area contributed by atoms with Crippen molar-refractivity contribution in [3.8, 4) is 5.75 Å². The van der Waals surface area contributed by atoms with Gasteiger partial charge >= 0.3 is 5.97 Å². The highest BCUT2D eigenvalue weighted by molar-refractivity contribution is 5.98. The number of hydrogen-bond donors (Lipinski definition) is 11. The van der Waals surface area contributed by atoms with E-state index < -0.39 is 114 Å². The van der Waals surface area contributed by atoms with Crippen LogP contribution in [-0.4, -0.2) is 181 Å². The largest absolute Gasteiger partial charge is 0.508 e. The molecular weight excluding hydrogens is 814 g/mol. The van der Waals surface area contributed by atoms with E-state index in [-0.39, 0.29) is 57.5 Å². The molecule has 0 saturated carbocycles. The van der Waals surface area contributed by atoms with Crippen molar-refractivity contribution in [3.63, 3.8) is 0 Å². The van der Waals surface area contributed by atoms with E-state index in [0.29, 0.717) is 37.8 Å². The van der Waals surface area contributed by atoms with E-state index in [1.807, 2.05) is 0 Å². The Hall–Kier alpha value is -5.42. The lowest BCUT2D eigenvalue weighted by Gasteiger charge is -2.33. The minimum absolute atomic E-state index is 0.0734. The maximum Gasteiger partial charge on any atom is 0.328 e. The summed E-state index contributed by atoms with van der Waals surface area (Å²) in [6.45, 7) is 2.00. The van der Waals surface area contributed by atoms with Crippen LogP contribution in [0.25, 0.3) is 0 Å². The quantitative estimate of drug-likeness (QED) is 0.0553. The lowest BCUT2D eigenvalue weighted by atomic mass is 10.0. The molecular formula is C40H61N9O13. The number of aliphatic hydroxyl groups excluding tert-OH is 3. The number of amides is 7. The number of nitrogens with one attached hydrogen (secondary N) is 4. The molecule has 0 unspecified atom stereocenters. The van der Waals surface area contributed by atoms with E-state index in [1.165, 1.54) is 47.9 Å². The Morgan fingerprint density at radius 3 is 1.94 bits per heavy atom. The molecule has 3 saturated heterocycles. The van der Waals surface area contributed by atoms with Gasteiger partial charge < -0.3 is 73.0 Å². The van der Waals surface area contributed by atoms with E-state index in [0.717, 1.165) is 4.90 Å². The molecule has 0 aromatic heterocycles. The molecule has 22 heteroatoms. The predicted molar refractivity (Wildman–Crippen MR) is 218 cm³/mol. The lowest BCUT2D eigenvalue weighted by molar-refractivity contribution is -0.149. The summed E-state index contributed by atoms with van der Waals surface area (Å²) in [6, 6.07) is -4.47. The molecule has 22 nitrogen and oxygen atoms in total. The molecule has 0 aliphatic carbocycles. The molecule has 1 aromatic carbocycles. The number of nitrogens with two attached hydrogens (primary N) is 2. The summed E-state index contributed by atoms with van der Waals surface area (Å²) in [7, 11) is 0. The van der Waals surface area contributed by atoms with Crippen molar-refractivity contribution in [1.29, 1.82) is 0 Å². The first kappa shape index (κ1) is 49.2. The number of aromatic hydroxyl groups is 1. The molecule has 3 aliphatic heterocycles. The van der Waals surface area contributed by atoms with Gasteiger partial charge in [0, 0.05) is 32.5 Å². The summed E-state index contributed by atoms with van der Waals surface area (Å²) >= 11 is 0. The van der Waals surface area contributed by atoms with Gasteiger partial charge in [0.1, 0.15) is 42.0 Å². The van der Waals surface area contributed by atoms with E-state index in [4.69, 9.17) is 11.5 Å². The number of aliphatic hydroxyl groups is 3. The van der Waals surface area contributed by atoms with Gasteiger partial charge in [-0.1, -0.05) is 12.1 Å². The average molecular weight is 876 g/mol. The zero-order valence-corrected chi connectivity index (χ0v) is 35.0. The second-order valence-corrected chi connectivity index (χ2v) is 16.2. The zero-order valence-electron chi connectivity index (χ0n) is 35.0. The van der Waals surface area contributed by atoms with Crippen LogP contribution in [0, 0.1) is 0 Å². The first-order valence-electron chi connectivity index (χ1n) is 20.9. The summed E-state index contributed by atoms with van der Waals surface area (Å²) in [5.74, 6) is -6.78. The molecule has 0 spiro atoms. The van der Waals surface area contributed by atoms with Gasteiger partial charge in [-0.05, 0) is 83.0 Å². The number of rotatable bonds is 20. The highest BCUT2D eigenvalue weighted by atomic mass is 16.4. The Morgan fingerprint density at radius 2 is 1.35 bits per heavy atom. The maximum absolute atomic E-state index is 14.4. The van der Waals surface area contributed by atoms with Gasteiger partial charge in [0.25, 0.3) is 0 Å². The molecule has 3 fully saturated rings. The van der Waals surface area contributed by atoms with Crippen LogP contribution in [0.2, 0.25) is 0 Å². The third kappa shape index (κ3) is 12.6. The lowest BCUT2D eigenvalue weighted by Crippen LogP contribution is -2.60. The van der Waals surface area contributed by atoms with Crippen LogP contribution >= 0.6 is 0 Å². The molecule has 0 bridgehead atoms. The van der Waals surface area contributed by atoms with Crippen molar-refractivity contribution in [3.05, 3.63) is 29.8 Å². The fourth-order valence-electron chi connectivity index (χ4n) is 7.98. The SMILES string of the molecule is C[C@H](N)C(=O)N[C@@H](CCCCN)C(=O)N1CCC[C@H]1C(=O)N[C@@H](CO)C(=O)N[C@@H](Cc1ccc(O)cc1)C(=O)N1C[C@H](O)C[C@H]1C(=O)N1CCC[C@H]1C(=O)N[C@H](C(=O)O)[C@@H](C)O. The van der Waals surface area contributed by atoms with Gasteiger partial charge in [0.05, 0.1) is 24.9 Å². The number of nitrogens with zero attached hydrogens (tertiary/aromatic N) is 3. The van der Waals surface area contributed by atoms with E-state index >= 15 is 0 Å². The number of carboxylic acid groups (broad SMARTS) is 1. The fraction of sp³-hybridized carbons (Fsp3) is 0.650. The van der Waals surface area contributed by atoms with Crippen LogP contribution in [-0.2, 0) is 44.8 Å². The summed E-state index contributed by atoms with van der Waals surface area (Å²) in [6.07, 6.45) is -0.582. The Morgan fingerprint density at radius 1 is 0.774 bits per heavy atom. The van der Waals surface area contributed by atoms with Crippen molar-refractivity contribution in [1.82, 2.24) is 36.0 Å². The second-order valence-electron chi connectivity index (χ2n) is 16.2. The Bertz CT molecular complexity index is 1780. The number of aliphatic carboxylic acids is 1. The molecule has 0 radical (unpaired) electrons. The first-order chi connectivity index (χ1) is 29.4.